The molecule has 5 heteroatoms. The smallest absolute Gasteiger partial charge is 0.228 e. The van der Waals surface area contributed by atoms with Crippen molar-refractivity contribution in [3.05, 3.63) is 40.8 Å². The van der Waals surface area contributed by atoms with Gasteiger partial charge in [0, 0.05) is 6.42 Å². The van der Waals surface area contributed by atoms with Crippen molar-refractivity contribution < 1.29 is 14.1 Å². The van der Waals surface area contributed by atoms with Gasteiger partial charge in [-0.3, -0.25) is 4.79 Å². The fraction of sp³-hybridized carbons (Fsp3) is 0.333. The van der Waals surface area contributed by atoms with E-state index in [0.29, 0.717) is 23.6 Å². The molecule has 0 saturated heterocycles. The first-order valence-corrected chi connectivity index (χ1v) is 6.61. The summed E-state index contributed by atoms with van der Waals surface area (Å²) >= 11 is 0. The van der Waals surface area contributed by atoms with E-state index in [1.54, 1.807) is 13.8 Å². The number of carbonyl (C=O) groups is 1. The van der Waals surface area contributed by atoms with Gasteiger partial charge in [-0.2, -0.15) is 0 Å². The second-order valence-corrected chi connectivity index (χ2v) is 4.96. The largest absolute Gasteiger partial charge is 0.493 e. The van der Waals surface area contributed by atoms with Crippen LogP contribution in [0.3, 0.4) is 0 Å². The van der Waals surface area contributed by atoms with Gasteiger partial charge in [0.25, 0.3) is 0 Å². The number of hydrogen-bond donors (Lipinski definition) is 1. The van der Waals surface area contributed by atoms with Gasteiger partial charge in [-0.1, -0.05) is 17.3 Å². The molecule has 0 saturated carbocycles. The summed E-state index contributed by atoms with van der Waals surface area (Å²) < 4.78 is 10.5. The zero-order chi connectivity index (χ0) is 14.1. The van der Waals surface area contributed by atoms with Crippen LogP contribution in [0.15, 0.2) is 22.7 Å². The number of ether oxygens (including phenoxy) is 1. The lowest BCUT2D eigenvalue weighted by Crippen LogP contribution is -2.15. The lowest BCUT2D eigenvalue weighted by molar-refractivity contribution is -0.115. The number of nitrogens with one attached hydrogen (secondary N) is 1. The van der Waals surface area contributed by atoms with E-state index < -0.39 is 0 Å². The highest BCUT2D eigenvalue weighted by atomic mass is 16.5. The monoisotopic (exact) mass is 272 g/mol. The number of anilines is 1. The number of carbonyl (C=O) groups excluding carboxylic acids is 1. The van der Waals surface area contributed by atoms with Gasteiger partial charge in [0.15, 0.2) is 5.76 Å². The maximum absolute atomic E-state index is 12.1. The number of aromatic nitrogens is 1. The fourth-order valence-corrected chi connectivity index (χ4v) is 2.38. The summed E-state index contributed by atoms with van der Waals surface area (Å²) in [5, 5.41) is 6.67. The molecule has 0 radical (unpaired) electrons. The van der Waals surface area contributed by atoms with E-state index in [1.807, 2.05) is 18.2 Å². The van der Waals surface area contributed by atoms with Gasteiger partial charge in [0.2, 0.25) is 5.91 Å². The van der Waals surface area contributed by atoms with Crippen molar-refractivity contribution in [3.63, 3.8) is 0 Å². The summed E-state index contributed by atoms with van der Waals surface area (Å²) in [6, 6.07) is 5.90. The highest BCUT2D eigenvalue weighted by Gasteiger charge is 2.15. The van der Waals surface area contributed by atoms with Crippen molar-refractivity contribution in [2.45, 2.75) is 26.7 Å². The van der Waals surface area contributed by atoms with Crippen LogP contribution in [-0.4, -0.2) is 17.7 Å². The highest BCUT2D eigenvalue weighted by molar-refractivity contribution is 5.93. The van der Waals surface area contributed by atoms with E-state index in [9.17, 15) is 4.79 Å². The molecule has 0 fully saturated rings. The Morgan fingerprint density at radius 1 is 1.40 bits per heavy atom. The molecule has 0 bridgehead atoms. The molecule has 5 nitrogen and oxygen atoms in total. The second kappa shape index (κ2) is 5.00. The first-order chi connectivity index (χ1) is 9.63. The molecule has 0 unspecified atom stereocenters. The summed E-state index contributed by atoms with van der Waals surface area (Å²) in [6.45, 7) is 4.31. The van der Waals surface area contributed by atoms with Crippen molar-refractivity contribution in [3.8, 4) is 5.75 Å². The molecule has 1 N–H and O–H groups in total. The summed E-state index contributed by atoms with van der Waals surface area (Å²) in [4.78, 5) is 12.1. The van der Waals surface area contributed by atoms with Crippen molar-refractivity contribution in [2.24, 2.45) is 0 Å². The van der Waals surface area contributed by atoms with Crippen LogP contribution in [0.4, 0.5) is 5.69 Å². The Kier molecular flexibility index (Phi) is 3.18. The van der Waals surface area contributed by atoms with Crippen molar-refractivity contribution >= 4 is 11.6 Å². The molecule has 0 atom stereocenters. The lowest BCUT2D eigenvalue weighted by atomic mass is 10.1. The topological polar surface area (TPSA) is 64.4 Å². The van der Waals surface area contributed by atoms with Crippen LogP contribution in [0.1, 0.15) is 22.6 Å². The van der Waals surface area contributed by atoms with Crippen LogP contribution in [0.5, 0.6) is 5.75 Å². The third-order valence-electron chi connectivity index (χ3n) is 3.42. The summed E-state index contributed by atoms with van der Waals surface area (Å²) in [5.41, 5.74) is 3.52. The highest BCUT2D eigenvalue weighted by Crippen LogP contribution is 2.26. The third-order valence-corrected chi connectivity index (χ3v) is 3.42. The number of rotatable bonds is 3. The summed E-state index contributed by atoms with van der Waals surface area (Å²) in [5.74, 6) is 1.48. The molecule has 2 aromatic rings. The minimum Gasteiger partial charge on any atom is -0.493 e. The van der Waals surface area contributed by atoms with E-state index >= 15 is 0 Å². The van der Waals surface area contributed by atoms with Crippen molar-refractivity contribution in [1.29, 1.82) is 0 Å². The maximum atomic E-state index is 12.1. The number of fused-ring (bicyclic) bond motifs is 1. The quantitative estimate of drug-likeness (QED) is 0.932. The molecular formula is C15H16N2O3. The van der Waals surface area contributed by atoms with Crippen LogP contribution >= 0.6 is 0 Å². The Balaban J connectivity index is 1.70. The molecular weight excluding hydrogens is 256 g/mol. The molecule has 1 aromatic heterocycles. The van der Waals surface area contributed by atoms with E-state index in [4.69, 9.17) is 9.26 Å². The second-order valence-electron chi connectivity index (χ2n) is 4.96. The van der Waals surface area contributed by atoms with Gasteiger partial charge in [-0.25, -0.2) is 0 Å². The minimum absolute atomic E-state index is 0.0711. The number of aryl methyl sites for hydroxylation is 2. The van der Waals surface area contributed by atoms with Crippen molar-refractivity contribution in [2.75, 3.05) is 11.9 Å². The van der Waals surface area contributed by atoms with Gasteiger partial charge in [-0.15, -0.1) is 0 Å². The Morgan fingerprint density at radius 3 is 3.00 bits per heavy atom. The van der Waals surface area contributed by atoms with Crippen molar-refractivity contribution in [1.82, 2.24) is 5.16 Å². The molecule has 0 spiro atoms. The normalized spacial score (nSPS) is 12.9. The molecule has 1 aromatic carbocycles. The number of hydrogen-bond acceptors (Lipinski definition) is 4. The molecule has 0 aliphatic carbocycles. The van der Waals surface area contributed by atoms with Crippen LogP contribution < -0.4 is 10.1 Å². The Morgan fingerprint density at radius 2 is 2.25 bits per heavy atom. The average molecular weight is 272 g/mol. The Labute approximate surface area is 116 Å². The first kappa shape index (κ1) is 12.7. The lowest BCUT2D eigenvalue weighted by Gasteiger charge is -2.06. The Bertz CT molecular complexity index is 642. The SMILES string of the molecule is Cc1noc(C)c1NC(=O)Cc1ccc2c(c1)CCO2. The molecule has 20 heavy (non-hydrogen) atoms. The van der Waals surface area contributed by atoms with Gasteiger partial charge in [0.05, 0.1) is 13.0 Å². The third kappa shape index (κ3) is 2.39. The number of benzene rings is 1. The van der Waals surface area contributed by atoms with E-state index in [1.165, 1.54) is 5.56 Å². The summed E-state index contributed by atoms with van der Waals surface area (Å²) in [6.07, 6.45) is 1.24. The average Bonchev–Trinajstić information content (AvgIpc) is 3.00. The maximum Gasteiger partial charge on any atom is 0.228 e. The number of amides is 1. The predicted molar refractivity (Wildman–Crippen MR) is 74.0 cm³/mol. The zero-order valence-corrected chi connectivity index (χ0v) is 11.5. The fourth-order valence-electron chi connectivity index (χ4n) is 2.38. The van der Waals surface area contributed by atoms with Crippen LogP contribution in [0.2, 0.25) is 0 Å². The van der Waals surface area contributed by atoms with E-state index in [-0.39, 0.29) is 5.91 Å². The molecule has 3 rings (SSSR count). The first-order valence-electron chi connectivity index (χ1n) is 6.61. The van der Waals surface area contributed by atoms with Crippen LogP contribution in [-0.2, 0) is 17.6 Å². The van der Waals surface area contributed by atoms with Crippen LogP contribution in [0, 0.1) is 13.8 Å². The molecule has 1 aliphatic heterocycles. The zero-order valence-electron chi connectivity index (χ0n) is 11.5. The molecule has 1 aliphatic rings. The van der Waals surface area contributed by atoms with Gasteiger partial charge in [-0.05, 0) is 31.0 Å². The van der Waals surface area contributed by atoms with Gasteiger partial charge < -0.3 is 14.6 Å². The number of nitrogens with zero attached hydrogens (tertiary/aromatic N) is 1. The molecule has 1 amide bonds. The standard InChI is InChI=1S/C15H16N2O3/c1-9-15(10(2)20-17-9)16-14(18)8-11-3-4-13-12(7-11)5-6-19-13/h3-4,7H,5-6,8H2,1-2H3,(H,16,18). The van der Waals surface area contributed by atoms with Gasteiger partial charge >= 0.3 is 0 Å². The Hall–Kier alpha value is -2.30. The van der Waals surface area contributed by atoms with Crippen LogP contribution in [0.25, 0.3) is 0 Å². The molecule has 104 valence electrons. The van der Waals surface area contributed by atoms with E-state index in [2.05, 4.69) is 10.5 Å². The molecule has 2 heterocycles. The van der Waals surface area contributed by atoms with E-state index in [0.717, 1.165) is 24.3 Å². The predicted octanol–water partition coefficient (Wildman–Crippen LogP) is 2.41. The minimum atomic E-state index is -0.0711. The van der Waals surface area contributed by atoms with Gasteiger partial charge in [0.1, 0.15) is 17.1 Å². The summed E-state index contributed by atoms with van der Waals surface area (Å²) in [7, 11) is 0.